The first-order chi connectivity index (χ1) is 15.7. The minimum atomic E-state index is -0.543. The molecule has 0 aliphatic rings. The average molecular weight is 455 g/mol. The van der Waals surface area contributed by atoms with E-state index in [9.17, 15) is 19.7 Å². The molecule has 3 rings (SSSR count). The Kier molecular flexibility index (Phi) is 7.11. The summed E-state index contributed by atoms with van der Waals surface area (Å²) in [5.74, 6) is 0.249. The Labute approximate surface area is 189 Å². The number of nitrogens with one attached hydrogen (secondary N) is 2. The van der Waals surface area contributed by atoms with Crippen LogP contribution in [0.4, 0.5) is 11.4 Å². The summed E-state index contributed by atoms with van der Waals surface area (Å²) in [6.45, 7) is 6.10. The van der Waals surface area contributed by atoms with E-state index < -0.39 is 10.8 Å². The topological polar surface area (TPSA) is 142 Å². The average Bonchev–Trinajstić information content (AvgIpc) is 3.37. The molecule has 11 heteroatoms. The van der Waals surface area contributed by atoms with Crippen molar-refractivity contribution in [3.63, 3.8) is 0 Å². The molecule has 2 N–H and O–H groups in total. The van der Waals surface area contributed by atoms with Crippen molar-refractivity contribution in [2.75, 3.05) is 11.9 Å². The Balaban J connectivity index is 1.63. The van der Waals surface area contributed by atoms with Gasteiger partial charge in [0.1, 0.15) is 23.8 Å². The molecule has 0 aliphatic heterocycles. The van der Waals surface area contributed by atoms with Crippen LogP contribution in [0.15, 0.2) is 40.9 Å². The van der Waals surface area contributed by atoms with E-state index >= 15 is 0 Å². The van der Waals surface area contributed by atoms with Crippen LogP contribution in [0, 0.1) is 23.0 Å². The van der Waals surface area contributed by atoms with Gasteiger partial charge in [0.2, 0.25) is 0 Å². The number of rotatable bonds is 9. The molecule has 0 aliphatic carbocycles. The SMILES string of the molecule is Cc1cc(OCc2ccc(C(=O)Nc3cnn(C)c3C(=O)NCC(C)C)o2)ccc1[N+](=O)[O-]. The number of hydrogen-bond donors (Lipinski definition) is 2. The molecule has 2 amide bonds. The Morgan fingerprint density at radius 2 is 2.00 bits per heavy atom. The summed E-state index contributed by atoms with van der Waals surface area (Å²) in [4.78, 5) is 35.5. The summed E-state index contributed by atoms with van der Waals surface area (Å²) >= 11 is 0. The fraction of sp³-hybridized carbons (Fsp3) is 0.318. The van der Waals surface area contributed by atoms with E-state index in [1.165, 1.54) is 29.1 Å². The van der Waals surface area contributed by atoms with E-state index in [0.717, 1.165) is 0 Å². The van der Waals surface area contributed by atoms with Crippen molar-refractivity contribution in [3.05, 3.63) is 69.4 Å². The number of aromatic nitrogens is 2. The number of carbonyl (C=O) groups excluding carboxylic acids is 2. The first kappa shape index (κ1) is 23.5. The normalized spacial score (nSPS) is 10.8. The Morgan fingerprint density at radius 1 is 1.24 bits per heavy atom. The van der Waals surface area contributed by atoms with Crippen molar-refractivity contribution in [1.82, 2.24) is 15.1 Å². The number of benzene rings is 1. The lowest BCUT2D eigenvalue weighted by Gasteiger charge is -2.10. The third-order valence-electron chi connectivity index (χ3n) is 4.70. The second-order valence-electron chi connectivity index (χ2n) is 7.85. The first-order valence-electron chi connectivity index (χ1n) is 10.2. The molecule has 174 valence electrons. The molecule has 0 radical (unpaired) electrons. The number of amides is 2. The van der Waals surface area contributed by atoms with Gasteiger partial charge in [-0.15, -0.1) is 0 Å². The smallest absolute Gasteiger partial charge is 0.291 e. The van der Waals surface area contributed by atoms with E-state index in [2.05, 4.69) is 15.7 Å². The summed E-state index contributed by atoms with van der Waals surface area (Å²) in [5.41, 5.74) is 0.973. The zero-order valence-corrected chi connectivity index (χ0v) is 18.7. The fourth-order valence-corrected chi connectivity index (χ4v) is 3.02. The number of aryl methyl sites for hydroxylation is 2. The van der Waals surface area contributed by atoms with Gasteiger partial charge in [0.15, 0.2) is 5.76 Å². The molecule has 0 bridgehead atoms. The van der Waals surface area contributed by atoms with Crippen molar-refractivity contribution >= 4 is 23.2 Å². The van der Waals surface area contributed by atoms with Gasteiger partial charge in [-0.05, 0) is 37.1 Å². The largest absolute Gasteiger partial charge is 0.486 e. The van der Waals surface area contributed by atoms with Gasteiger partial charge >= 0.3 is 0 Å². The van der Waals surface area contributed by atoms with Crippen LogP contribution in [-0.2, 0) is 13.7 Å². The van der Waals surface area contributed by atoms with Crippen molar-refractivity contribution in [1.29, 1.82) is 0 Å². The quantitative estimate of drug-likeness (QED) is 0.372. The number of hydrogen-bond acceptors (Lipinski definition) is 7. The first-order valence-corrected chi connectivity index (χ1v) is 10.2. The molecule has 0 atom stereocenters. The highest BCUT2D eigenvalue weighted by molar-refractivity contribution is 6.07. The van der Waals surface area contributed by atoms with Gasteiger partial charge in [-0.25, -0.2) is 0 Å². The predicted octanol–water partition coefficient (Wildman–Crippen LogP) is 3.45. The number of nitro benzene ring substituents is 1. The molecule has 0 saturated heterocycles. The van der Waals surface area contributed by atoms with Gasteiger partial charge in [0, 0.05) is 25.2 Å². The monoisotopic (exact) mass is 455 g/mol. The van der Waals surface area contributed by atoms with Crippen molar-refractivity contribution < 1.29 is 23.7 Å². The molecule has 0 fully saturated rings. The summed E-state index contributed by atoms with van der Waals surface area (Å²) in [7, 11) is 1.61. The van der Waals surface area contributed by atoms with Crippen LogP contribution < -0.4 is 15.4 Å². The molecule has 33 heavy (non-hydrogen) atoms. The molecule has 1 aromatic carbocycles. The van der Waals surface area contributed by atoms with Gasteiger partial charge in [-0.2, -0.15) is 5.10 Å². The highest BCUT2D eigenvalue weighted by Crippen LogP contribution is 2.24. The lowest BCUT2D eigenvalue weighted by molar-refractivity contribution is -0.385. The molecular weight excluding hydrogens is 430 g/mol. The lowest BCUT2D eigenvalue weighted by atomic mass is 10.2. The highest BCUT2D eigenvalue weighted by Gasteiger charge is 2.21. The molecule has 2 aromatic heterocycles. The predicted molar refractivity (Wildman–Crippen MR) is 119 cm³/mol. The van der Waals surface area contributed by atoms with Gasteiger partial charge < -0.3 is 19.8 Å². The van der Waals surface area contributed by atoms with Crippen molar-refractivity contribution in [2.45, 2.75) is 27.4 Å². The molecule has 2 heterocycles. The molecule has 11 nitrogen and oxygen atoms in total. The van der Waals surface area contributed by atoms with Gasteiger partial charge in [0.05, 0.1) is 16.8 Å². The number of furan rings is 1. The maximum Gasteiger partial charge on any atom is 0.291 e. The number of nitro groups is 1. The van der Waals surface area contributed by atoms with Crippen LogP contribution in [0.2, 0.25) is 0 Å². The van der Waals surface area contributed by atoms with Crippen LogP contribution in [0.3, 0.4) is 0 Å². The Hall–Kier alpha value is -4.15. The summed E-state index contributed by atoms with van der Waals surface area (Å²) in [5, 5.41) is 20.4. The molecular formula is C22H25N5O6. The standard InChI is InChI=1S/C22H25N5O6/c1-13(2)10-23-22(29)20-17(11-24-26(20)4)25-21(28)19-8-6-16(33-19)12-32-15-5-7-18(27(30)31)14(3)9-15/h5-9,11,13H,10,12H2,1-4H3,(H,23,29)(H,25,28). The van der Waals surface area contributed by atoms with Gasteiger partial charge in [0.25, 0.3) is 17.5 Å². The second-order valence-corrected chi connectivity index (χ2v) is 7.85. The maximum atomic E-state index is 12.6. The molecule has 0 unspecified atom stereocenters. The summed E-state index contributed by atoms with van der Waals surface area (Å²) < 4.78 is 12.5. The summed E-state index contributed by atoms with van der Waals surface area (Å²) in [6.07, 6.45) is 1.39. The van der Waals surface area contributed by atoms with E-state index in [4.69, 9.17) is 9.15 Å². The molecule has 0 saturated carbocycles. The zero-order chi connectivity index (χ0) is 24.1. The molecule has 3 aromatic rings. The summed E-state index contributed by atoms with van der Waals surface area (Å²) in [6, 6.07) is 7.50. The minimum Gasteiger partial charge on any atom is -0.486 e. The highest BCUT2D eigenvalue weighted by atomic mass is 16.6. The lowest BCUT2D eigenvalue weighted by Crippen LogP contribution is -2.30. The Bertz CT molecular complexity index is 1180. The zero-order valence-electron chi connectivity index (χ0n) is 18.7. The molecule has 0 spiro atoms. The van der Waals surface area contributed by atoms with Crippen molar-refractivity contribution in [3.8, 4) is 5.75 Å². The van der Waals surface area contributed by atoms with Crippen LogP contribution in [0.1, 0.15) is 46.2 Å². The van der Waals surface area contributed by atoms with E-state index in [-0.39, 0.29) is 41.3 Å². The van der Waals surface area contributed by atoms with E-state index in [0.29, 0.717) is 23.6 Å². The number of nitrogens with zero attached hydrogens (tertiary/aromatic N) is 3. The minimum absolute atomic E-state index is 0.00645. The number of anilines is 1. The van der Waals surface area contributed by atoms with Crippen LogP contribution in [-0.4, -0.2) is 33.1 Å². The maximum absolute atomic E-state index is 12.6. The van der Waals surface area contributed by atoms with Crippen molar-refractivity contribution in [2.24, 2.45) is 13.0 Å². The number of ether oxygens (including phenoxy) is 1. The van der Waals surface area contributed by atoms with Crippen LogP contribution >= 0.6 is 0 Å². The van der Waals surface area contributed by atoms with Crippen LogP contribution in [0.5, 0.6) is 5.75 Å². The third kappa shape index (κ3) is 5.76. The van der Waals surface area contributed by atoms with E-state index in [1.807, 2.05) is 13.8 Å². The van der Waals surface area contributed by atoms with E-state index in [1.54, 1.807) is 26.1 Å². The fourth-order valence-electron chi connectivity index (χ4n) is 3.02. The Morgan fingerprint density at radius 3 is 2.67 bits per heavy atom. The second kappa shape index (κ2) is 9.98. The number of carbonyl (C=O) groups is 2. The third-order valence-corrected chi connectivity index (χ3v) is 4.70. The van der Waals surface area contributed by atoms with Gasteiger partial charge in [-0.1, -0.05) is 13.8 Å². The van der Waals surface area contributed by atoms with Crippen LogP contribution in [0.25, 0.3) is 0 Å². The van der Waals surface area contributed by atoms with Gasteiger partial charge in [-0.3, -0.25) is 24.4 Å².